The van der Waals surface area contributed by atoms with Gasteiger partial charge in [0.25, 0.3) is 0 Å². The number of thioether (sulfide) groups is 1. The normalized spacial score (nSPS) is 13.2. The average Bonchev–Trinajstić information content (AvgIpc) is 2.45. The van der Waals surface area contributed by atoms with Crippen molar-refractivity contribution >= 4 is 11.8 Å². The molecular formula is C12H21NOS. The summed E-state index contributed by atoms with van der Waals surface area (Å²) in [7, 11) is 0. The lowest BCUT2D eigenvalue weighted by Gasteiger charge is -2.15. The van der Waals surface area contributed by atoms with E-state index in [0.717, 1.165) is 16.5 Å². The van der Waals surface area contributed by atoms with Crippen molar-refractivity contribution in [1.82, 2.24) is 5.16 Å². The summed E-state index contributed by atoms with van der Waals surface area (Å²) >= 11 is 1.76. The number of aromatic nitrogens is 1. The van der Waals surface area contributed by atoms with E-state index in [9.17, 15) is 0 Å². The maximum absolute atomic E-state index is 5.32. The van der Waals surface area contributed by atoms with Crippen LogP contribution in [0.1, 0.15) is 47.3 Å². The molecule has 1 aromatic heterocycles. The zero-order valence-electron chi connectivity index (χ0n) is 10.5. The van der Waals surface area contributed by atoms with Crippen LogP contribution in [0.5, 0.6) is 0 Å². The third-order valence-electron chi connectivity index (χ3n) is 1.88. The highest BCUT2D eigenvalue weighted by molar-refractivity contribution is 7.99. The molecule has 15 heavy (non-hydrogen) atoms. The molecule has 0 amide bonds. The molecule has 0 aliphatic heterocycles. The number of hydrogen-bond acceptors (Lipinski definition) is 3. The van der Waals surface area contributed by atoms with Crippen LogP contribution in [-0.4, -0.2) is 10.9 Å². The van der Waals surface area contributed by atoms with Crippen LogP contribution in [0, 0.1) is 5.41 Å². The SMILES string of the molecule is CC(C)(C)CSc1cc(C(C)(C)C)on1. The van der Waals surface area contributed by atoms with Gasteiger partial charge in [-0.25, -0.2) is 0 Å². The van der Waals surface area contributed by atoms with Gasteiger partial charge in [-0.15, -0.1) is 11.8 Å². The van der Waals surface area contributed by atoms with Crippen molar-refractivity contribution in [2.75, 3.05) is 5.75 Å². The summed E-state index contributed by atoms with van der Waals surface area (Å²) in [6.07, 6.45) is 0. The van der Waals surface area contributed by atoms with Crippen LogP contribution < -0.4 is 0 Å². The smallest absolute Gasteiger partial charge is 0.143 e. The van der Waals surface area contributed by atoms with Gasteiger partial charge in [-0.1, -0.05) is 46.7 Å². The van der Waals surface area contributed by atoms with E-state index in [2.05, 4.69) is 52.8 Å². The molecule has 2 nitrogen and oxygen atoms in total. The van der Waals surface area contributed by atoms with Crippen molar-refractivity contribution in [2.24, 2.45) is 5.41 Å². The zero-order valence-corrected chi connectivity index (χ0v) is 11.4. The van der Waals surface area contributed by atoms with Gasteiger partial charge in [-0.2, -0.15) is 0 Å². The minimum atomic E-state index is 0.0491. The van der Waals surface area contributed by atoms with Gasteiger partial charge in [-0.05, 0) is 5.41 Å². The predicted molar refractivity (Wildman–Crippen MR) is 65.4 cm³/mol. The Morgan fingerprint density at radius 1 is 1.20 bits per heavy atom. The van der Waals surface area contributed by atoms with E-state index in [4.69, 9.17) is 4.52 Å². The van der Waals surface area contributed by atoms with Gasteiger partial charge in [0.15, 0.2) is 0 Å². The maximum atomic E-state index is 5.32. The lowest BCUT2D eigenvalue weighted by atomic mass is 9.94. The minimum absolute atomic E-state index is 0.0491. The van der Waals surface area contributed by atoms with Crippen molar-refractivity contribution in [3.63, 3.8) is 0 Å². The quantitative estimate of drug-likeness (QED) is 0.711. The molecule has 1 rings (SSSR count). The Kier molecular flexibility index (Phi) is 3.54. The van der Waals surface area contributed by atoms with E-state index in [-0.39, 0.29) is 5.41 Å². The second kappa shape index (κ2) is 4.20. The third kappa shape index (κ3) is 4.29. The maximum Gasteiger partial charge on any atom is 0.143 e. The largest absolute Gasteiger partial charge is 0.360 e. The summed E-state index contributed by atoms with van der Waals surface area (Å²) < 4.78 is 5.32. The first kappa shape index (κ1) is 12.6. The summed E-state index contributed by atoms with van der Waals surface area (Å²) in [6, 6.07) is 2.05. The van der Waals surface area contributed by atoms with Crippen LogP contribution in [0.2, 0.25) is 0 Å². The van der Waals surface area contributed by atoms with Gasteiger partial charge in [0.1, 0.15) is 10.8 Å². The average molecular weight is 227 g/mol. The Labute approximate surface area is 96.8 Å². The first-order valence-electron chi connectivity index (χ1n) is 5.28. The van der Waals surface area contributed by atoms with Crippen LogP contribution in [0.25, 0.3) is 0 Å². The fraction of sp³-hybridized carbons (Fsp3) is 0.750. The van der Waals surface area contributed by atoms with E-state index < -0.39 is 0 Å². The minimum Gasteiger partial charge on any atom is -0.360 e. The second-order valence-corrected chi connectivity index (χ2v) is 7.12. The van der Waals surface area contributed by atoms with Gasteiger partial charge in [-0.3, -0.25) is 0 Å². The molecule has 3 heteroatoms. The Hall–Kier alpha value is -0.440. The summed E-state index contributed by atoms with van der Waals surface area (Å²) in [5.41, 5.74) is 0.374. The van der Waals surface area contributed by atoms with E-state index >= 15 is 0 Å². The Morgan fingerprint density at radius 2 is 1.80 bits per heavy atom. The number of nitrogens with zero attached hydrogens (tertiary/aromatic N) is 1. The standard InChI is InChI=1S/C12H21NOS/c1-11(2,3)8-15-10-7-9(14-13-10)12(4,5)6/h7H,8H2,1-6H3. The highest BCUT2D eigenvalue weighted by Crippen LogP contribution is 2.30. The van der Waals surface area contributed by atoms with E-state index in [0.29, 0.717) is 5.41 Å². The summed E-state index contributed by atoms with van der Waals surface area (Å²) in [4.78, 5) is 0. The molecule has 0 aromatic carbocycles. The molecule has 86 valence electrons. The highest BCUT2D eigenvalue weighted by atomic mass is 32.2. The highest BCUT2D eigenvalue weighted by Gasteiger charge is 2.20. The third-order valence-corrected chi connectivity index (χ3v) is 3.38. The van der Waals surface area contributed by atoms with Crippen molar-refractivity contribution in [2.45, 2.75) is 52.0 Å². The Balaban J connectivity index is 2.62. The summed E-state index contributed by atoms with van der Waals surface area (Å²) in [5, 5.41) is 5.07. The first-order chi connectivity index (χ1) is 6.68. The fourth-order valence-corrected chi connectivity index (χ4v) is 1.83. The lowest BCUT2D eigenvalue weighted by Crippen LogP contribution is -2.09. The van der Waals surface area contributed by atoms with Crippen LogP contribution in [0.15, 0.2) is 15.6 Å². The van der Waals surface area contributed by atoms with Crippen molar-refractivity contribution in [3.8, 4) is 0 Å². The molecule has 0 unspecified atom stereocenters. The number of rotatable bonds is 2. The fourth-order valence-electron chi connectivity index (χ4n) is 0.971. The lowest BCUT2D eigenvalue weighted by molar-refractivity contribution is 0.321. The van der Waals surface area contributed by atoms with E-state index in [1.807, 2.05) is 0 Å². The molecule has 0 saturated heterocycles. The molecule has 0 radical (unpaired) electrons. The van der Waals surface area contributed by atoms with E-state index in [1.54, 1.807) is 11.8 Å². The molecule has 0 saturated carbocycles. The van der Waals surface area contributed by atoms with Crippen LogP contribution in [0.4, 0.5) is 0 Å². The monoisotopic (exact) mass is 227 g/mol. The van der Waals surface area contributed by atoms with Crippen LogP contribution >= 0.6 is 11.8 Å². The molecular weight excluding hydrogens is 206 g/mol. The predicted octanol–water partition coefficient (Wildman–Crippen LogP) is 4.11. The van der Waals surface area contributed by atoms with Gasteiger partial charge < -0.3 is 4.52 Å². The second-order valence-electron chi connectivity index (χ2n) is 6.13. The molecule has 0 aliphatic carbocycles. The molecule has 1 heterocycles. The molecule has 0 aliphatic rings. The topological polar surface area (TPSA) is 26.0 Å². The number of hydrogen-bond donors (Lipinski definition) is 0. The van der Waals surface area contributed by atoms with Crippen LogP contribution in [0.3, 0.4) is 0 Å². The summed E-state index contributed by atoms with van der Waals surface area (Å²) in [6.45, 7) is 13.1. The van der Waals surface area contributed by atoms with Gasteiger partial charge in [0.05, 0.1) is 0 Å². The van der Waals surface area contributed by atoms with Gasteiger partial charge in [0.2, 0.25) is 0 Å². The molecule has 0 spiro atoms. The van der Waals surface area contributed by atoms with Crippen LogP contribution in [-0.2, 0) is 5.41 Å². The Bertz CT molecular complexity index is 317. The van der Waals surface area contributed by atoms with Crippen molar-refractivity contribution in [1.29, 1.82) is 0 Å². The van der Waals surface area contributed by atoms with Crippen molar-refractivity contribution < 1.29 is 4.52 Å². The molecule has 0 atom stereocenters. The zero-order chi connectivity index (χ0) is 11.7. The first-order valence-corrected chi connectivity index (χ1v) is 6.27. The molecule has 0 bridgehead atoms. The summed E-state index contributed by atoms with van der Waals surface area (Å²) in [5.74, 6) is 2.02. The van der Waals surface area contributed by atoms with Gasteiger partial charge in [0, 0.05) is 17.2 Å². The van der Waals surface area contributed by atoms with Crippen molar-refractivity contribution in [3.05, 3.63) is 11.8 Å². The Morgan fingerprint density at radius 3 is 2.20 bits per heavy atom. The van der Waals surface area contributed by atoms with Gasteiger partial charge >= 0.3 is 0 Å². The molecule has 0 N–H and O–H groups in total. The van der Waals surface area contributed by atoms with E-state index in [1.165, 1.54) is 0 Å². The molecule has 1 aromatic rings. The molecule has 0 fully saturated rings.